The second kappa shape index (κ2) is 5.37. The van der Waals surface area contributed by atoms with Crippen LogP contribution in [0.1, 0.15) is 0 Å². The highest BCUT2D eigenvalue weighted by molar-refractivity contribution is 9.36. The van der Waals surface area contributed by atoms with Crippen molar-refractivity contribution in [2.24, 2.45) is 0 Å². The van der Waals surface area contributed by atoms with Gasteiger partial charge in [0.25, 0.3) is 0 Å². The molecule has 0 aromatic heterocycles. The second-order valence-electron chi connectivity index (χ2n) is 4.12. The Hall–Kier alpha value is -0.0700. The molecule has 3 aromatic rings. The molecule has 0 atom stereocenters. The summed E-state index contributed by atoms with van der Waals surface area (Å²) < 4.78 is 0. The van der Waals surface area contributed by atoms with Gasteiger partial charge < -0.3 is 0 Å². The summed E-state index contributed by atoms with van der Waals surface area (Å²) in [6.45, 7) is 0. The molecule has 1 aliphatic heterocycles. The number of hydrogen-bond acceptors (Lipinski definition) is 5. The Morgan fingerprint density at radius 3 is 1.37 bits per heavy atom. The summed E-state index contributed by atoms with van der Waals surface area (Å²) in [6.07, 6.45) is 0. The minimum atomic E-state index is 1.36. The van der Waals surface area contributed by atoms with Crippen molar-refractivity contribution in [3.63, 3.8) is 0 Å². The quantitative estimate of drug-likeness (QED) is 0.317. The average molecular weight is 337 g/mol. The molecule has 0 fully saturated rings. The summed E-state index contributed by atoms with van der Waals surface area (Å²) in [7, 11) is 9.35. The van der Waals surface area contributed by atoms with Crippen LogP contribution in [-0.4, -0.2) is 0 Å². The molecule has 0 amide bonds. The molecule has 0 N–H and O–H groups in total. The third-order valence-corrected chi connectivity index (χ3v) is 11.7. The highest BCUT2D eigenvalue weighted by atomic mass is 33.8. The predicted molar refractivity (Wildman–Crippen MR) is 95.9 cm³/mol. The van der Waals surface area contributed by atoms with Crippen molar-refractivity contribution in [2.45, 2.75) is 9.79 Å². The van der Waals surface area contributed by atoms with Crippen molar-refractivity contribution >= 4 is 72.6 Å². The lowest BCUT2D eigenvalue weighted by Crippen LogP contribution is -1.84. The van der Waals surface area contributed by atoms with Crippen molar-refractivity contribution < 1.29 is 0 Å². The van der Waals surface area contributed by atoms with Crippen LogP contribution in [0.4, 0.5) is 0 Å². The van der Waals surface area contributed by atoms with E-state index in [1.807, 2.05) is 51.1 Å². The van der Waals surface area contributed by atoms with Gasteiger partial charge in [0.1, 0.15) is 0 Å². The van der Waals surface area contributed by atoms with E-state index < -0.39 is 0 Å². The molecular formula is C14H8S5. The standard InChI is InChI=1S/C14H8S5/c1-3-7-11-9(5-1)10-6-2-4-8-12(10)14-13(11)15-17-19-18-16-14/h1-8H. The molecule has 0 saturated carbocycles. The minimum absolute atomic E-state index is 1.36. The van der Waals surface area contributed by atoms with Gasteiger partial charge in [-0.2, -0.15) is 0 Å². The van der Waals surface area contributed by atoms with Crippen LogP contribution >= 0.6 is 51.1 Å². The van der Waals surface area contributed by atoms with Gasteiger partial charge in [-0.25, -0.2) is 0 Å². The summed E-state index contributed by atoms with van der Waals surface area (Å²) in [6, 6.07) is 17.5. The van der Waals surface area contributed by atoms with E-state index in [9.17, 15) is 0 Å². The maximum atomic E-state index is 2.25. The molecule has 0 saturated heterocycles. The van der Waals surface area contributed by atoms with Gasteiger partial charge >= 0.3 is 0 Å². The van der Waals surface area contributed by atoms with Gasteiger partial charge in [-0.1, -0.05) is 48.5 Å². The lowest BCUT2D eigenvalue weighted by molar-refractivity contribution is 1.38. The van der Waals surface area contributed by atoms with Gasteiger partial charge in [0.15, 0.2) is 0 Å². The minimum Gasteiger partial charge on any atom is -0.0616 e. The average Bonchev–Trinajstić information content (AvgIpc) is 2.73. The molecular weight excluding hydrogens is 328 g/mol. The zero-order valence-corrected chi connectivity index (χ0v) is 13.7. The highest BCUT2D eigenvalue weighted by Crippen LogP contribution is 2.61. The maximum absolute atomic E-state index is 2.25. The van der Waals surface area contributed by atoms with Gasteiger partial charge in [0.05, 0.1) is 0 Å². The van der Waals surface area contributed by atoms with Crippen LogP contribution in [-0.2, 0) is 0 Å². The monoisotopic (exact) mass is 336 g/mol. The van der Waals surface area contributed by atoms with Crippen molar-refractivity contribution in [3.05, 3.63) is 48.5 Å². The van der Waals surface area contributed by atoms with Crippen LogP contribution in [0.2, 0.25) is 0 Å². The van der Waals surface area contributed by atoms with Crippen LogP contribution < -0.4 is 0 Å². The smallest absolute Gasteiger partial charge is 0.0421 e. The third kappa shape index (κ3) is 2.16. The van der Waals surface area contributed by atoms with E-state index >= 15 is 0 Å². The van der Waals surface area contributed by atoms with Gasteiger partial charge in [-0.15, -0.1) is 0 Å². The zero-order chi connectivity index (χ0) is 12.7. The molecule has 3 aromatic carbocycles. The Morgan fingerprint density at radius 1 is 0.474 bits per heavy atom. The molecule has 1 aliphatic rings. The highest BCUT2D eigenvalue weighted by Gasteiger charge is 2.18. The van der Waals surface area contributed by atoms with Crippen molar-refractivity contribution in [1.82, 2.24) is 0 Å². The molecule has 19 heavy (non-hydrogen) atoms. The van der Waals surface area contributed by atoms with Crippen molar-refractivity contribution in [1.29, 1.82) is 0 Å². The van der Waals surface area contributed by atoms with Gasteiger partial charge in [0, 0.05) is 9.79 Å². The fourth-order valence-corrected chi connectivity index (χ4v) is 11.6. The van der Waals surface area contributed by atoms with E-state index in [-0.39, 0.29) is 0 Å². The Bertz CT molecular complexity index is 703. The maximum Gasteiger partial charge on any atom is 0.0421 e. The van der Waals surface area contributed by atoms with E-state index in [1.54, 1.807) is 0 Å². The lowest BCUT2D eigenvalue weighted by atomic mass is 10.0. The van der Waals surface area contributed by atoms with E-state index in [2.05, 4.69) is 48.5 Å². The Morgan fingerprint density at radius 2 is 0.895 bits per heavy atom. The van der Waals surface area contributed by atoms with Crippen molar-refractivity contribution in [2.75, 3.05) is 0 Å². The molecule has 0 aliphatic carbocycles. The molecule has 94 valence electrons. The molecule has 0 bridgehead atoms. The second-order valence-corrected chi connectivity index (χ2v) is 11.6. The fourth-order valence-electron chi connectivity index (χ4n) is 2.35. The summed E-state index contributed by atoms with van der Waals surface area (Å²) in [4.78, 5) is 2.84. The van der Waals surface area contributed by atoms with E-state index in [1.165, 1.54) is 31.3 Å². The zero-order valence-electron chi connectivity index (χ0n) is 9.66. The summed E-state index contributed by atoms with van der Waals surface area (Å²) in [5.41, 5.74) is 0. The van der Waals surface area contributed by atoms with E-state index in [0.717, 1.165) is 0 Å². The first-order chi connectivity index (χ1) is 9.45. The largest absolute Gasteiger partial charge is 0.0616 e. The first kappa shape index (κ1) is 12.7. The molecule has 1 heterocycles. The summed E-state index contributed by atoms with van der Waals surface area (Å²) in [5, 5.41) is 5.48. The number of fused-ring (bicyclic) bond motifs is 6. The normalized spacial score (nSPS) is 15.4. The molecule has 0 nitrogen and oxygen atoms in total. The van der Waals surface area contributed by atoms with Crippen LogP contribution in [0.25, 0.3) is 21.5 Å². The predicted octanol–water partition coefficient (Wildman–Crippen LogP) is 7.05. The van der Waals surface area contributed by atoms with Crippen LogP contribution in [0.15, 0.2) is 58.3 Å². The van der Waals surface area contributed by atoms with E-state index in [0.29, 0.717) is 0 Å². The number of rotatable bonds is 0. The van der Waals surface area contributed by atoms with Crippen LogP contribution in [0, 0.1) is 0 Å². The van der Waals surface area contributed by atoms with Crippen LogP contribution in [0.3, 0.4) is 0 Å². The summed E-state index contributed by atoms with van der Waals surface area (Å²) in [5.74, 6) is 0. The van der Waals surface area contributed by atoms with Gasteiger partial charge in [-0.3, -0.25) is 0 Å². The summed E-state index contributed by atoms with van der Waals surface area (Å²) >= 11 is 0. The Kier molecular flexibility index (Phi) is 3.58. The molecule has 0 unspecified atom stereocenters. The fraction of sp³-hybridized carbons (Fsp3) is 0. The first-order valence-electron chi connectivity index (χ1n) is 5.73. The lowest BCUT2D eigenvalue weighted by Gasteiger charge is -2.12. The van der Waals surface area contributed by atoms with E-state index in [4.69, 9.17) is 0 Å². The van der Waals surface area contributed by atoms with Crippen molar-refractivity contribution in [3.8, 4) is 0 Å². The number of benzene rings is 3. The molecule has 5 heteroatoms. The Labute approximate surface area is 130 Å². The molecule has 0 radical (unpaired) electrons. The van der Waals surface area contributed by atoms with Gasteiger partial charge in [-0.05, 0) is 72.6 Å². The third-order valence-electron chi connectivity index (χ3n) is 3.13. The SMILES string of the molecule is c1ccc2c(c1)c1c(c3ccccc32)SSSSS1. The topological polar surface area (TPSA) is 0 Å². The van der Waals surface area contributed by atoms with Crippen LogP contribution in [0.5, 0.6) is 0 Å². The molecule has 4 rings (SSSR count). The number of hydrogen-bond donors (Lipinski definition) is 0. The first-order valence-corrected chi connectivity index (χ1v) is 11.9. The molecule has 0 spiro atoms. The Balaban J connectivity index is 2.22. The van der Waals surface area contributed by atoms with Gasteiger partial charge in [0.2, 0.25) is 0 Å².